The van der Waals surface area contributed by atoms with Crippen molar-refractivity contribution in [1.29, 1.82) is 0 Å². The van der Waals surface area contributed by atoms with E-state index in [4.69, 9.17) is 9.47 Å². The molecule has 212 valence electrons. The molecule has 1 atom stereocenters. The molecule has 2 N–H and O–H groups in total. The van der Waals surface area contributed by atoms with Crippen molar-refractivity contribution >= 4 is 54.7 Å². The van der Waals surface area contributed by atoms with Crippen molar-refractivity contribution in [3.63, 3.8) is 0 Å². The van der Waals surface area contributed by atoms with Crippen LogP contribution in [0.5, 0.6) is 0 Å². The van der Waals surface area contributed by atoms with Crippen LogP contribution in [-0.2, 0) is 35.6 Å². The molecule has 3 rings (SSSR count). The monoisotopic (exact) mass is 623 g/mol. The number of carbonyl (C=O) groups is 2. The molecule has 0 aliphatic rings. The molecule has 11 nitrogen and oxygen atoms in total. The lowest BCUT2D eigenvalue weighted by atomic mass is 10.2. The van der Waals surface area contributed by atoms with E-state index in [2.05, 4.69) is 35.9 Å². The van der Waals surface area contributed by atoms with Crippen LogP contribution in [0, 0.1) is 6.92 Å². The average Bonchev–Trinajstić information content (AvgIpc) is 3.23. The molecule has 13 heteroatoms. The Morgan fingerprint density at radius 1 is 1.13 bits per heavy atom. The molecule has 0 saturated heterocycles. The van der Waals surface area contributed by atoms with Gasteiger partial charge in [0, 0.05) is 30.2 Å². The Balaban J connectivity index is 1.82. The van der Waals surface area contributed by atoms with Crippen molar-refractivity contribution in [3.8, 4) is 0 Å². The Labute approximate surface area is 236 Å². The van der Waals surface area contributed by atoms with Crippen molar-refractivity contribution in [2.45, 2.75) is 70.5 Å². The van der Waals surface area contributed by atoms with Crippen LogP contribution >= 0.6 is 15.9 Å². The minimum Gasteiger partial charge on any atom is -0.466 e. The van der Waals surface area contributed by atoms with Crippen LogP contribution in [0.15, 0.2) is 45.9 Å². The first-order chi connectivity index (χ1) is 18.3. The van der Waals surface area contributed by atoms with E-state index in [1.54, 1.807) is 46.8 Å². The Bertz CT molecular complexity index is 1420. The lowest BCUT2D eigenvalue weighted by molar-refractivity contribution is -0.156. The fourth-order valence-electron chi connectivity index (χ4n) is 3.73. The van der Waals surface area contributed by atoms with Crippen molar-refractivity contribution in [2.75, 3.05) is 18.5 Å². The largest absolute Gasteiger partial charge is 0.466 e. The number of aryl methyl sites for hydroxylation is 2. The maximum atomic E-state index is 13.1. The minimum absolute atomic E-state index is 0.0134. The van der Waals surface area contributed by atoms with Crippen LogP contribution < -0.4 is 10.0 Å². The number of anilines is 1. The number of ether oxygens (including phenoxy) is 2. The van der Waals surface area contributed by atoms with Crippen LogP contribution in [0.3, 0.4) is 0 Å². The van der Waals surface area contributed by atoms with Gasteiger partial charge >= 0.3 is 11.9 Å². The summed E-state index contributed by atoms with van der Waals surface area (Å²) in [7, 11) is -4.04. The second-order valence-electron chi connectivity index (χ2n) is 9.82. The second kappa shape index (κ2) is 12.9. The fraction of sp³-hybridized carbons (Fsp3) is 0.462. The fourth-order valence-corrected chi connectivity index (χ4v) is 5.18. The number of carbonyl (C=O) groups excluding carboxylic acids is 2. The summed E-state index contributed by atoms with van der Waals surface area (Å²) in [5.41, 5.74) is -0.170. The molecule has 0 saturated carbocycles. The van der Waals surface area contributed by atoms with E-state index in [-0.39, 0.29) is 17.4 Å². The van der Waals surface area contributed by atoms with Gasteiger partial charge < -0.3 is 19.4 Å². The number of benzene rings is 1. The van der Waals surface area contributed by atoms with Gasteiger partial charge in [-0.2, -0.15) is 4.72 Å². The smallest absolute Gasteiger partial charge is 0.326 e. The van der Waals surface area contributed by atoms with Gasteiger partial charge in [-0.25, -0.2) is 18.4 Å². The van der Waals surface area contributed by atoms with Crippen LogP contribution in [0.2, 0.25) is 0 Å². The van der Waals surface area contributed by atoms with Gasteiger partial charge in [0.05, 0.1) is 16.9 Å². The summed E-state index contributed by atoms with van der Waals surface area (Å²) in [4.78, 5) is 33.7. The first kappa shape index (κ1) is 30.5. The van der Waals surface area contributed by atoms with E-state index in [0.717, 1.165) is 4.47 Å². The molecular weight excluding hydrogens is 590 g/mol. The van der Waals surface area contributed by atoms with Crippen molar-refractivity contribution in [1.82, 2.24) is 19.3 Å². The highest BCUT2D eigenvalue weighted by atomic mass is 79.9. The molecule has 0 bridgehead atoms. The van der Waals surface area contributed by atoms with Gasteiger partial charge in [0.2, 0.25) is 10.0 Å². The lowest BCUT2D eigenvalue weighted by Crippen LogP contribution is -2.48. The van der Waals surface area contributed by atoms with Crippen molar-refractivity contribution < 1.29 is 27.5 Å². The predicted molar refractivity (Wildman–Crippen MR) is 151 cm³/mol. The average molecular weight is 625 g/mol. The number of rotatable bonds is 12. The highest BCUT2D eigenvalue weighted by molar-refractivity contribution is 9.10. The van der Waals surface area contributed by atoms with Crippen LogP contribution in [-0.4, -0.2) is 59.7 Å². The molecule has 3 aromatic rings. The van der Waals surface area contributed by atoms with Gasteiger partial charge in [0.25, 0.3) is 0 Å². The van der Waals surface area contributed by atoms with Gasteiger partial charge in [0.1, 0.15) is 28.9 Å². The molecule has 2 heterocycles. The molecule has 1 aromatic carbocycles. The van der Waals surface area contributed by atoms with Gasteiger partial charge in [0.15, 0.2) is 0 Å². The second-order valence-corrected chi connectivity index (χ2v) is 12.4. The zero-order valence-electron chi connectivity index (χ0n) is 22.7. The third-order valence-electron chi connectivity index (χ3n) is 5.40. The van der Waals surface area contributed by atoms with Crippen LogP contribution in [0.4, 0.5) is 5.82 Å². The third-order valence-corrected chi connectivity index (χ3v) is 7.42. The maximum absolute atomic E-state index is 13.1. The predicted octanol–water partition coefficient (Wildman–Crippen LogP) is 3.95. The normalized spacial score (nSPS) is 12.8. The van der Waals surface area contributed by atoms with E-state index in [1.165, 1.54) is 12.1 Å². The Hall–Kier alpha value is -3.03. The minimum atomic E-state index is -4.04. The van der Waals surface area contributed by atoms with Crippen molar-refractivity contribution in [3.05, 3.63) is 46.8 Å². The number of nitrogens with one attached hydrogen (secondary N) is 2. The summed E-state index contributed by atoms with van der Waals surface area (Å²) >= 11 is 3.29. The SMILES string of the molecule is CCOC(=O)CCCn1ccc2c(NC[C@H](NS(=O)(=O)c3ccc(Br)cc3)C(=O)OC(C)(C)C)nc(C)nc21. The number of halogens is 1. The highest BCUT2D eigenvalue weighted by Gasteiger charge is 2.30. The van der Waals surface area contributed by atoms with Crippen LogP contribution in [0.1, 0.15) is 46.4 Å². The van der Waals surface area contributed by atoms with Gasteiger partial charge in [-0.3, -0.25) is 9.59 Å². The molecule has 0 unspecified atom stereocenters. The molecule has 0 aliphatic carbocycles. The number of aromatic nitrogens is 3. The summed E-state index contributed by atoms with van der Waals surface area (Å²) in [6.45, 7) is 9.40. The molecule has 0 radical (unpaired) electrons. The Morgan fingerprint density at radius 2 is 1.82 bits per heavy atom. The summed E-state index contributed by atoms with van der Waals surface area (Å²) in [6, 6.07) is 6.67. The maximum Gasteiger partial charge on any atom is 0.326 e. The van der Waals surface area contributed by atoms with E-state index < -0.39 is 27.6 Å². The number of hydrogen-bond donors (Lipinski definition) is 2. The van der Waals surface area contributed by atoms with Crippen LogP contribution in [0.25, 0.3) is 11.0 Å². The molecule has 0 aliphatic heterocycles. The van der Waals surface area contributed by atoms with E-state index in [0.29, 0.717) is 48.7 Å². The van der Waals surface area contributed by atoms with Gasteiger partial charge in [-0.05, 0) is 71.4 Å². The summed E-state index contributed by atoms with van der Waals surface area (Å²) in [6.07, 6.45) is 2.71. The van der Waals surface area contributed by atoms with Gasteiger partial charge in [-0.1, -0.05) is 15.9 Å². The molecule has 39 heavy (non-hydrogen) atoms. The van der Waals surface area contributed by atoms with Crippen molar-refractivity contribution in [2.24, 2.45) is 0 Å². The quantitative estimate of drug-likeness (QED) is 0.287. The lowest BCUT2D eigenvalue weighted by Gasteiger charge is -2.25. The number of hydrogen-bond acceptors (Lipinski definition) is 9. The first-order valence-corrected chi connectivity index (χ1v) is 14.8. The standard InChI is InChI=1S/C26H34BrN5O6S/c1-6-37-22(33)8-7-14-32-15-13-20-23(29-17(2)30-24(20)32)28-16-21(25(34)38-26(3,4)5)31-39(35,36)19-11-9-18(27)10-12-19/h9-13,15,21,31H,6-8,14,16H2,1-5H3,(H,28,29,30)/t21-/m0/s1. The summed E-state index contributed by atoms with van der Waals surface area (Å²) < 4.78 is 41.7. The molecule has 0 amide bonds. The zero-order chi connectivity index (χ0) is 28.8. The Morgan fingerprint density at radius 3 is 2.46 bits per heavy atom. The summed E-state index contributed by atoms with van der Waals surface area (Å²) in [5, 5.41) is 3.80. The summed E-state index contributed by atoms with van der Waals surface area (Å²) in [5.74, 6) is -0.0483. The number of esters is 2. The van der Waals surface area contributed by atoms with E-state index in [9.17, 15) is 18.0 Å². The zero-order valence-corrected chi connectivity index (χ0v) is 25.1. The molecular formula is C26H34BrN5O6S. The topological polar surface area (TPSA) is 142 Å². The first-order valence-electron chi connectivity index (χ1n) is 12.5. The van der Waals surface area contributed by atoms with E-state index >= 15 is 0 Å². The Kier molecular flexibility index (Phi) is 10.1. The number of sulfonamides is 1. The van der Waals surface area contributed by atoms with E-state index in [1.807, 2.05) is 16.8 Å². The van der Waals surface area contributed by atoms with Gasteiger partial charge in [-0.15, -0.1) is 0 Å². The molecule has 0 spiro atoms. The molecule has 0 fully saturated rings. The number of fused-ring (bicyclic) bond motifs is 1. The number of nitrogens with zero attached hydrogens (tertiary/aromatic N) is 3. The highest BCUT2D eigenvalue weighted by Crippen LogP contribution is 2.23. The third kappa shape index (κ3) is 8.73. The molecule has 2 aromatic heterocycles.